The molecule has 0 aliphatic heterocycles. The van der Waals surface area contributed by atoms with E-state index in [1.807, 2.05) is 30.3 Å². The van der Waals surface area contributed by atoms with Gasteiger partial charge in [0, 0.05) is 12.2 Å². The maximum Gasteiger partial charge on any atom is 0.239 e. The van der Waals surface area contributed by atoms with E-state index >= 15 is 0 Å². The van der Waals surface area contributed by atoms with Crippen LogP contribution in [-0.2, 0) is 4.79 Å². The Morgan fingerprint density at radius 1 is 1.28 bits per heavy atom. The zero-order valence-corrected chi connectivity index (χ0v) is 11.0. The van der Waals surface area contributed by atoms with Crippen molar-refractivity contribution in [1.82, 2.24) is 5.32 Å². The lowest BCUT2D eigenvalue weighted by Gasteiger charge is -2.15. The smallest absolute Gasteiger partial charge is 0.239 e. The standard InChI is InChI=1S/C15H22N2O/c1-2-8-15(9-10-15)12-17-14(18)11-16-13-6-4-3-5-7-13/h3-7,16H,2,8-12H2,1H3,(H,17,18). The summed E-state index contributed by atoms with van der Waals surface area (Å²) in [6.07, 6.45) is 4.98. The molecule has 3 nitrogen and oxygen atoms in total. The Labute approximate surface area is 109 Å². The van der Waals surface area contributed by atoms with E-state index in [2.05, 4.69) is 17.6 Å². The Bertz CT molecular complexity index is 385. The molecule has 1 aliphatic carbocycles. The van der Waals surface area contributed by atoms with Crippen molar-refractivity contribution in [2.24, 2.45) is 5.41 Å². The molecule has 0 bridgehead atoms. The lowest BCUT2D eigenvalue weighted by atomic mass is 10.0. The first-order chi connectivity index (χ1) is 8.74. The molecular weight excluding hydrogens is 224 g/mol. The Morgan fingerprint density at radius 2 is 2.00 bits per heavy atom. The Kier molecular flexibility index (Phi) is 4.24. The van der Waals surface area contributed by atoms with Gasteiger partial charge in [0.05, 0.1) is 6.54 Å². The molecule has 3 heteroatoms. The van der Waals surface area contributed by atoms with Crippen molar-refractivity contribution in [2.75, 3.05) is 18.4 Å². The van der Waals surface area contributed by atoms with Crippen LogP contribution < -0.4 is 10.6 Å². The number of hydrogen-bond donors (Lipinski definition) is 2. The Hall–Kier alpha value is -1.51. The number of amides is 1. The summed E-state index contributed by atoms with van der Waals surface area (Å²) in [6.45, 7) is 3.40. The molecule has 1 aliphatic rings. The fourth-order valence-corrected chi connectivity index (χ4v) is 2.31. The highest BCUT2D eigenvalue weighted by Gasteiger charge is 2.41. The normalized spacial score (nSPS) is 16.1. The van der Waals surface area contributed by atoms with E-state index in [1.165, 1.54) is 25.7 Å². The molecule has 2 rings (SSSR count). The number of hydrogen-bond acceptors (Lipinski definition) is 2. The fraction of sp³-hybridized carbons (Fsp3) is 0.533. The lowest BCUT2D eigenvalue weighted by molar-refractivity contribution is -0.119. The largest absolute Gasteiger partial charge is 0.376 e. The summed E-state index contributed by atoms with van der Waals surface area (Å²) in [5.74, 6) is 0.0845. The van der Waals surface area contributed by atoms with E-state index in [0.717, 1.165) is 12.2 Å². The van der Waals surface area contributed by atoms with E-state index in [4.69, 9.17) is 0 Å². The van der Waals surface area contributed by atoms with Crippen LogP contribution in [0.1, 0.15) is 32.6 Å². The van der Waals surface area contributed by atoms with Gasteiger partial charge in [-0.3, -0.25) is 4.79 Å². The minimum Gasteiger partial charge on any atom is -0.376 e. The van der Waals surface area contributed by atoms with Crippen molar-refractivity contribution in [3.05, 3.63) is 30.3 Å². The number of carbonyl (C=O) groups is 1. The molecule has 0 aromatic heterocycles. The van der Waals surface area contributed by atoms with Crippen molar-refractivity contribution in [1.29, 1.82) is 0 Å². The fourth-order valence-electron chi connectivity index (χ4n) is 2.31. The zero-order chi connectivity index (χ0) is 12.8. The maximum atomic E-state index is 11.7. The third-order valence-electron chi connectivity index (χ3n) is 3.62. The van der Waals surface area contributed by atoms with Crippen LogP contribution in [0.5, 0.6) is 0 Å². The molecule has 0 saturated heterocycles. The molecule has 0 spiro atoms. The van der Waals surface area contributed by atoms with Gasteiger partial charge in [0.1, 0.15) is 0 Å². The minimum atomic E-state index is 0.0845. The molecule has 1 amide bonds. The number of para-hydroxylation sites is 1. The summed E-state index contributed by atoms with van der Waals surface area (Å²) in [4.78, 5) is 11.7. The third kappa shape index (κ3) is 3.76. The van der Waals surface area contributed by atoms with Crippen LogP contribution in [0.15, 0.2) is 30.3 Å². The summed E-state index contributed by atoms with van der Waals surface area (Å²) in [5.41, 5.74) is 1.42. The molecule has 0 heterocycles. The predicted molar refractivity (Wildman–Crippen MR) is 74.5 cm³/mol. The van der Waals surface area contributed by atoms with Gasteiger partial charge in [-0.15, -0.1) is 0 Å². The van der Waals surface area contributed by atoms with E-state index in [1.54, 1.807) is 0 Å². The van der Waals surface area contributed by atoms with Crippen molar-refractivity contribution < 1.29 is 4.79 Å². The lowest BCUT2D eigenvalue weighted by Crippen LogP contribution is -2.34. The maximum absolute atomic E-state index is 11.7. The second-order valence-electron chi connectivity index (χ2n) is 5.25. The van der Waals surface area contributed by atoms with E-state index in [-0.39, 0.29) is 5.91 Å². The molecule has 1 aromatic rings. The summed E-state index contributed by atoms with van der Waals surface area (Å²) in [7, 11) is 0. The van der Waals surface area contributed by atoms with Gasteiger partial charge in [-0.05, 0) is 36.8 Å². The van der Waals surface area contributed by atoms with Gasteiger partial charge in [-0.2, -0.15) is 0 Å². The average Bonchev–Trinajstić information content (AvgIpc) is 3.16. The highest BCUT2D eigenvalue weighted by Crippen LogP contribution is 2.48. The molecular formula is C15H22N2O. The van der Waals surface area contributed by atoms with Crippen LogP contribution in [0.4, 0.5) is 5.69 Å². The summed E-state index contributed by atoms with van der Waals surface area (Å²) < 4.78 is 0. The molecule has 0 unspecified atom stereocenters. The topological polar surface area (TPSA) is 41.1 Å². The Balaban J connectivity index is 1.67. The van der Waals surface area contributed by atoms with Crippen LogP contribution >= 0.6 is 0 Å². The van der Waals surface area contributed by atoms with Crippen molar-refractivity contribution in [2.45, 2.75) is 32.6 Å². The van der Waals surface area contributed by atoms with Gasteiger partial charge in [0.15, 0.2) is 0 Å². The van der Waals surface area contributed by atoms with E-state index < -0.39 is 0 Å². The third-order valence-corrected chi connectivity index (χ3v) is 3.62. The van der Waals surface area contributed by atoms with Gasteiger partial charge in [-0.1, -0.05) is 31.5 Å². The van der Waals surface area contributed by atoms with E-state index in [0.29, 0.717) is 12.0 Å². The van der Waals surface area contributed by atoms with Crippen LogP contribution in [0.3, 0.4) is 0 Å². The quantitative estimate of drug-likeness (QED) is 0.776. The summed E-state index contributed by atoms with van der Waals surface area (Å²) >= 11 is 0. The van der Waals surface area contributed by atoms with Gasteiger partial charge in [0.2, 0.25) is 5.91 Å². The van der Waals surface area contributed by atoms with Crippen molar-refractivity contribution in [3.63, 3.8) is 0 Å². The molecule has 0 atom stereocenters. The van der Waals surface area contributed by atoms with Gasteiger partial charge < -0.3 is 10.6 Å². The van der Waals surface area contributed by atoms with Crippen LogP contribution in [0, 0.1) is 5.41 Å². The molecule has 2 N–H and O–H groups in total. The molecule has 18 heavy (non-hydrogen) atoms. The monoisotopic (exact) mass is 246 g/mol. The number of nitrogens with one attached hydrogen (secondary N) is 2. The highest BCUT2D eigenvalue weighted by molar-refractivity contribution is 5.80. The van der Waals surface area contributed by atoms with Crippen molar-refractivity contribution >= 4 is 11.6 Å². The van der Waals surface area contributed by atoms with Crippen LogP contribution in [0.25, 0.3) is 0 Å². The van der Waals surface area contributed by atoms with Crippen molar-refractivity contribution in [3.8, 4) is 0 Å². The van der Waals surface area contributed by atoms with Gasteiger partial charge in [-0.25, -0.2) is 0 Å². The molecule has 98 valence electrons. The predicted octanol–water partition coefficient (Wildman–Crippen LogP) is 2.80. The zero-order valence-electron chi connectivity index (χ0n) is 11.0. The first-order valence-electron chi connectivity index (χ1n) is 6.80. The van der Waals surface area contributed by atoms with E-state index in [9.17, 15) is 4.79 Å². The first-order valence-corrected chi connectivity index (χ1v) is 6.80. The summed E-state index contributed by atoms with van der Waals surface area (Å²) in [6, 6.07) is 9.81. The van der Waals surface area contributed by atoms with Crippen LogP contribution in [-0.4, -0.2) is 19.0 Å². The minimum absolute atomic E-state index is 0.0845. The average molecular weight is 246 g/mol. The molecule has 0 radical (unpaired) electrons. The molecule has 1 saturated carbocycles. The molecule has 1 fully saturated rings. The SMILES string of the molecule is CCCC1(CNC(=O)CNc2ccccc2)CC1. The molecule has 1 aromatic carbocycles. The number of anilines is 1. The second kappa shape index (κ2) is 5.89. The number of carbonyl (C=O) groups excluding carboxylic acids is 1. The summed E-state index contributed by atoms with van der Waals surface area (Å²) in [5, 5.41) is 6.16. The Morgan fingerprint density at radius 3 is 2.61 bits per heavy atom. The number of benzene rings is 1. The number of rotatable bonds is 7. The highest BCUT2D eigenvalue weighted by atomic mass is 16.1. The van der Waals surface area contributed by atoms with Crippen LogP contribution in [0.2, 0.25) is 0 Å². The van der Waals surface area contributed by atoms with Gasteiger partial charge in [0.25, 0.3) is 0 Å². The first kappa shape index (κ1) is 12.9. The second-order valence-corrected chi connectivity index (χ2v) is 5.25. The van der Waals surface area contributed by atoms with Gasteiger partial charge >= 0.3 is 0 Å².